The molecule has 1 aliphatic heterocycles. The maximum absolute atomic E-state index is 5.77. The van der Waals surface area contributed by atoms with Crippen LogP contribution in [0.4, 0.5) is 5.82 Å². The molecule has 1 fully saturated rings. The third-order valence-electron chi connectivity index (χ3n) is 3.08. The number of nitrogens with zero attached hydrogens (tertiary/aromatic N) is 3. The molecule has 102 valence electrons. The lowest BCUT2D eigenvalue weighted by Gasteiger charge is -2.17. The second-order valence-electron chi connectivity index (χ2n) is 4.69. The molecule has 0 saturated carbocycles. The van der Waals surface area contributed by atoms with E-state index in [9.17, 15) is 0 Å². The Bertz CT molecular complexity index is 538. The standard InChI is InChI=1S/C12H17N5O2/c1-8(4-19-9-2-3-18-5-9)17-12-10-11(14-6-13-10)15-7-16-12/h6-9H,2-5H2,1H3,(H2,13,14,15,16,17). The first-order valence-electron chi connectivity index (χ1n) is 6.43. The molecule has 7 nitrogen and oxygen atoms in total. The Morgan fingerprint density at radius 3 is 3.32 bits per heavy atom. The first-order valence-corrected chi connectivity index (χ1v) is 6.43. The molecule has 3 rings (SSSR count). The lowest BCUT2D eigenvalue weighted by molar-refractivity contribution is 0.0395. The summed E-state index contributed by atoms with van der Waals surface area (Å²) >= 11 is 0. The predicted molar refractivity (Wildman–Crippen MR) is 69.9 cm³/mol. The molecule has 19 heavy (non-hydrogen) atoms. The van der Waals surface area contributed by atoms with Crippen LogP contribution in [-0.2, 0) is 9.47 Å². The van der Waals surface area contributed by atoms with Crippen molar-refractivity contribution in [3.8, 4) is 0 Å². The summed E-state index contributed by atoms with van der Waals surface area (Å²) < 4.78 is 11.0. The fraction of sp³-hybridized carbons (Fsp3) is 0.583. The number of aromatic nitrogens is 4. The van der Waals surface area contributed by atoms with Gasteiger partial charge < -0.3 is 19.8 Å². The van der Waals surface area contributed by atoms with Gasteiger partial charge in [0.1, 0.15) is 11.8 Å². The minimum absolute atomic E-state index is 0.155. The van der Waals surface area contributed by atoms with Crippen molar-refractivity contribution in [2.75, 3.05) is 25.1 Å². The van der Waals surface area contributed by atoms with Crippen molar-refractivity contribution in [2.45, 2.75) is 25.5 Å². The molecule has 2 aromatic rings. The number of anilines is 1. The largest absolute Gasteiger partial charge is 0.379 e. The van der Waals surface area contributed by atoms with Gasteiger partial charge in [0, 0.05) is 12.6 Å². The molecular formula is C12H17N5O2. The van der Waals surface area contributed by atoms with E-state index in [0.717, 1.165) is 24.4 Å². The van der Waals surface area contributed by atoms with Gasteiger partial charge in [0.2, 0.25) is 0 Å². The van der Waals surface area contributed by atoms with E-state index in [-0.39, 0.29) is 12.1 Å². The van der Waals surface area contributed by atoms with Gasteiger partial charge in [0.15, 0.2) is 11.5 Å². The summed E-state index contributed by atoms with van der Waals surface area (Å²) in [7, 11) is 0. The van der Waals surface area contributed by atoms with Crippen molar-refractivity contribution in [1.29, 1.82) is 0 Å². The summed E-state index contributed by atoms with van der Waals surface area (Å²) in [6, 6.07) is 0.155. The van der Waals surface area contributed by atoms with E-state index in [1.54, 1.807) is 6.33 Å². The first-order chi connectivity index (χ1) is 9.33. The van der Waals surface area contributed by atoms with Gasteiger partial charge in [-0.1, -0.05) is 0 Å². The molecule has 7 heteroatoms. The maximum atomic E-state index is 5.77. The lowest BCUT2D eigenvalue weighted by atomic mass is 10.3. The van der Waals surface area contributed by atoms with Crippen LogP contribution in [0.5, 0.6) is 0 Å². The molecule has 0 aromatic carbocycles. The summed E-state index contributed by atoms with van der Waals surface area (Å²) in [4.78, 5) is 15.4. The van der Waals surface area contributed by atoms with Crippen LogP contribution in [0, 0.1) is 0 Å². The Labute approximate surface area is 110 Å². The molecular weight excluding hydrogens is 246 g/mol. The number of nitrogens with one attached hydrogen (secondary N) is 2. The van der Waals surface area contributed by atoms with Crippen molar-refractivity contribution in [1.82, 2.24) is 19.9 Å². The van der Waals surface area contributed by atoms with Crippen LogP contribution in [0.2, 0.25) is 0 Å². The zero-order chi connectivity index (χ0) is 13.1. The number of rotatable bonds is 5. The number of imidazole rings is 1. The lowest BCUT2D eigenvalue weighted by Crippen LogP contribution is -2.26. The van der Waals surface area contributed by atoms with Crippen LogP contribution < -0.4 is 5.32 Å². The Morgan fingerprint density at radius 2 is 2.47 bits per heavy atom. The molecule has 0 aliphatic carbocycles. The van der Waals surface area contributed by atoms with Gasteiger partial charge in [0.25, 0.3) is 0 Å². The van der Waals surface area contributed by atoms with Crippen molar-refractivity contribution in [2.24, 2.45) is 0 Å². The van der Waals surface area contributed by atoms with E-state index in [2.05, 4.69) is 32.2 Å². The topological polar surface area (TPSA) is 84.9 Å². The van der Waals surface area contributed by atoms with E-state index < -0.39 is 0 Å². The minimum atomic E-state index is 0.155. The van der Waals surface area contributed by atoms with Crippen LogP contribution in [-0.4, -0.2) is 51.9 Å². The molecule has 0 radical (unpaired) electrons. The number of aromatic amines is 1. The SMILES string of the molecule is CC(COC1CCOC1)Nc1ncnc2nc[nH]c12. The minimum Gasteiger partial charge on any atom is -0.379 e. The number of H-pyrrole nitrogens is 1. The quantitative estimate of drug-likeness (QED) is 0.835. The molecule has 0 bridgehead atoms. The highest BCUT2D eigenvalue weighted by Gasteiger charge is 2.17. The van der Waals surface area contributed by atoms with Crippen molar-refractivity contribution in [3.05, 3.63) is 12.7 Å². The maximum Gasteiger partial charge on any atom is 0.182 e. The zero-order valence-electron chi connectivity index (χ0n) is 10.8. The normalized spacial score (nSPS) is 20.8. The Hall–Kier alpha value is -1.73. The molecule has 3 heterocycles. The van der Waals surface area contributed by atoms with Gasteiger partial charge >= 0.3 is 0 Å². The summed E-state index contributed by atoms with van der Waals surface area (Å²) in [5.74, 6) is 0.751. The third-order valence-corrected chi connectivity index (χ3v) is 3.08. The van der Waals surface area contributed by atoms with Gasteiger partial charge in [-0.15, -0.1) is 0 Å². The van der Waals surface area contributed by atoms with E-state index in [4.69, 9.17) is 9.47 Å². The van der Waals surface area contributed by atoms with Crippen LogP contribution in [0.15, 0.2) is 12.7 Å². The summed E-state index contributed by atoms with van der Waals surface area (Å²) in [5.41, 5.74) is 1.48. The van der Waals surface area contributed by atoms with Gasteiger partial charge in [0.05, 0.1) is 25.6 Å². The highest BCUT2D eigenvalue weighted by atomic mass is 16.5. The predicted octanol–water partition coefficient (Wildman–Crippen LogP) is 0.959. The van der Waals surface area contributed by atoms with E-state index >= 15 is 0 Å². The number of hydrogen-bond acceptors (Lipinski definition) is 6. The average molecular weight is 263 g/mol. The molecule has 2 atom stereocenters. The number of ether oxygens (including phenoxy) is 2. The Morgan fingerprint density at radius 1 is 1.53 bits per heavy atom. The summed E-state index contributed by atoms with van der Waals surface area (Å²) in [6.45, 7) is 4.17. The van der Waals surface area contributed by atoms with Gasteiger partial charge in [-0.2, -0.15) is 0 Å². The average Bonchev–Trinajstić information content (AvgIpc) is 3.08. The highest BCUT2D eigenvalue weighted by Crippen LogP contribution is 2.16. The van der Waals surface area contributed by atoms with Crippen molar-refractivity contribution in [3.63, 3.8) is 0 Å². The monoisotopic (exact) mass is 263 g/mol. The van der Waals surface area contributed by atoms with Crippen LogP contribution in [0.3, 0.4) is 0 Å². The smallest absolute Gasteiger partial charge is 0.182 e. The van der Waals surface area contributed by atoms with Crippen molar-refractivity contribution >= 4 is 17.0 Å². The van der Waals surface area contributed by atoms with Crippen LogP contribution in [0.25, 0.3) is 11.2 Å². The molecule has 2 aromatic heterocycles. The molecule has 2 unspecified atom stereocenters. The summed E-state index contributed by atoms with van der Waals surface area (Å²) in [6.07, 6.45) is 4.32. The molecule has 0 amide bonds. The van der Waals surface area contributed by atoms with Crippen molar-refractivity contribution < 1.29 is 9.47 Å². The molecule has 0 spiro atoms. The van der Waals surface area contributed by atoms with Crippen LogP contribution in [0.1, 0.15) is 13.3 Å². The zero-order valence-corrected chi connectivity index (χ0v) is 10.8. The Kier molecular flexibility index (Phi) is 3.56. The molecule has 1 aliphatic rings. The molecule has 2 N–H and O–H groups in total. The highest BCUT2D eigenvalue weighted by molar-refractivity contribution is 5.81. The first kappa shape index (κ1) is 12.3. The van der Waals surface area contributed by atoms with Gasteiger partial charge in [-0.25, -0.2) is 15.0 Å². The number of fused-ring (bicyclic) bond motifs is 1. The third kappa shape index (κ3) is 2.82. The fourth-order valence-corrected chi connectivity index (χ4v) is 2.07. The van der Waals surface area contributed by atoms with E-state index in [0.29, 0.717) is 18.9 Å². The van der Waals surface area contributed by atoms with E-state index in [1.807, 2.05) is 0 Å². The van der Waals surface area contributed by atoms with Gasteiger partial charge in [-0.3, -0.25) is 0 Å². The van der Waals surface area contributed by atoms with E-state index in [1.165, 1.54) is 6.33 Å². The summed E-state index contributed by atoms with van der Waals surface area (Å²) in [5, 5.41) is 3.31. The second kappa shape index (κ2) is 5.50. The van der Waals surface area contributed by atoms with Crippen LogP contribution >= 0.6 is 0 Å². The molecule has 1 saturated heterocycles. The Balaban J connectivity index is 1.59. The number of hydrogen-bond donors (Lipinski definition) is 2. The fourth-order valence-electron chi connectivity index (χ4n) is 2.07. The van der Waals surface area contributed by atoms with Gasteiger partial charge in [-0.05, 0) is 13.3 Å². The second-order valence-corrected chi connectivity index (χ2v) is 4.69.